The maximum Gasteiger partial charge on any atom is 0.0605 e. The summed E-state index contributed by atoms with van der Waals surface area (Å²) in [5, 5.41) is 10.3. The third kappa shape index (κ3) is 4.74. The van der Waals surface area contributed by atoms with Gasteiger partial charge in [0.05, 0.1) is 12.7 Å². The summed E-state index contributed by atoms with van der Waals surface area (Å²) in [6, 6.07) is 0. The van der Waals surface area contributed by atoms with Gasteiger partial charge in [-0.2, -0.15) is 0 Å². The number of hydrogen-bond donors (Lipinski definition) is 1. The van der Waals surface area contributed by atoms with E-state index in [-0.39, 0.29) is 6.10 Å². The van der Waals surface area contributed by atoms with E-state index in [9.17, 15) is 5.11 Å². The molecule has 1 saturated carbocycles. The summed E-state index contributed by atoms with van der Waals surface area (Å²) in [5.74, 6) is 1.38. The van der Waals surface area contributed by atoms with Gasteiger partial charge in [-0.3, -0.25) is 0 Å². The van der Waals surface area contributed by atoms with Crippen molar-refractivity contribution >= 4 is 0 Å². The minimum atomic E-state index is -0.198. The lowest BCUT2D eigenvalue weighted by Gasteiger charge is -2.30. The molecule has 0 aliphatic heterocycles. The van der Waals surface area contributed by atoms with Crippen molar-refractivity contribution in [2.24, 2.45) is 17.8 Å². The summed E-state index contributed by atoms with van der Waals surface area (Å²) in [7, 11) is 1.74. The summed E-state index contributed by atoms with van der Waals surface area (Å²) < 4.78 is 5.27. The molecule has 0 heterocycles. The van der Waals surface area contributed by atoms with E-state index < -0.39 is 0 Å². The zero-order valence-corrected chi connectivity index (χ0v) is 12.3. The molecule has 106 valence electrons. The molecule has 1 rings (SSSR count). The van der Waals surface area contributed by atoms with Crippen LogP contribution in [0, 0.1) is 17.8 Å². The molecular weight excluding hydrogens is 224 g/mol. The maximum absolute atomic E-state index is 10.3. The van der Waals surface area contributed by atoms with Gasteiger partial charge in [0.2, 0.25) is 0 Å². The number of methoxy groups -OCH3 is 1. The summed E-state index contributed by atoms with van der Waals surface area (Å²) in [4.78, 5) is 0. The summed E-state index contributed by atoms with van der Waals surface area (Å²) in [6.45, 7) is 9.30. The van der Waals surface area contributed by atoms with E-state index in [2.05, 4.69) is 20.4 Å². The Morgan fingerprint density at radius 1 is 1.28 bits per heavy atom. The fourth-order valence-electron chi connectivity index (χ4n) is 3.07. The maximum atomic E-state index is 10.3. The highest BCUT2D eigenvalue weighted by Gasteiger charge is 2.25. The van der Waals surface area contributed by atoms with Gasteiger partial charge in [0.1, 0.15) is 0 Å². The lowest BCUT2D eigenvalue weighted by molar-refractivity contribution is 0.0771. The zero-order valence-electron chi connectivity index (χ0n) is 12.3. The Balaban J connectivity index is 2.45. The molecule has 1 aliphatic rings. The molecule has 0 saturated heterocycles. The van der Waals surface area contributed by atoms with Gasteiger partial charge in [-0.05, 0) is 31.1 Å². The molecule has 2 nitrogen and oxygen atoms in total. The van der Waals surface area contributed by atoms with Gasteiger partial charge in [-0.25, -0.2) is 0 Å². The SMILES string of the molecule is C=C(C[C@H](O)C1CCCCC1)[C@@H](COC)C(C)C. The van der Waals surface area contributed by atoms with Crippen molar-refractivity contribution in [2.45, 2.75) is 58.5 Å². The van der Waals surface area contributed by atoms with E-state index in [1.54, 1.807) is 7.11 Å². The van der Waals surface area contributed by atoms with Crippen LogP contribution in [0.3, 0.4) is 0 Å². The van der Waals surface area contributed by atoms with Crippen molar-refractivity contribution in [2.75, 3.05) is 13.7 Å². The molecule has 1 aliphatic carbocycles. The number of hydrogen-bond acceptors (Lipinski definition) is 2. The Morgan fingerprint density at radius 2 is 1.89 bits per heavy atom. The second-order valence-corrected chi connectivity index (χ2v) is 6.13. The molecule has 0 unspecified atom stereocenters. The predicted molar refractivity (Wildman–Crippen MR) is 76.5 cm³/mol. The lowest BCUT2D eigenvalue weighted by Crippen LogP contribution is -2.26. The minimum absolute atomic E-state index is 0.198. The molecule has 1 fully saturated rings. The highest BCUT2D eigenvalue weighted by Crippen LogP contribution is 2.31. The zero-order chi connectivity index (χ0) is 13.5. The number of ether oxygens (including phenoxy) is 1. The fourth-order valence-corrected chi connectivity index (χ4v) is 3.07. The predicted octanol–water partition coefficient (Wildman–Crippen LogP) is 3.79. The summed E-state index contributed by atoms with van der Waals surface area (Å²) >= 11 is 0. The van der Waals surface area contributed by atoms with Crippen LogP contribution in [0.2, 0.25) is 0 Å². The van der Waals surface area contributed by atoms with E-state index in [0.29, 0.717) is 24.4 Å². The Labute approximate surface area is 112 Å². The van der Waals surface area contributed by atoms with Crippen molar-refractivity contribution in [3.63, 3.8) is 0 Å². The highest BCUT2D eigenvalue weighted by atomic mass is 16.5. The van der Waals surface area contributed by atoms with Crippen LogP contribution >= 0.6 is 0 Å². The fraction of sp³-hybridized carbons (Fsp3) is 0.875. The number of aliphatic hydroxyl groups excluding tert-OH is 1. The normalized spacial score (nSPS) is 20.9. The topological polar surface area (TPSA) is 29.5 Å². The molecule has 0 bridgehead atoms. The second kappa shape index (κ2) is 7.96. The largest absolute Gasteiger partial charge is 0.393 e. The summed E-state index contributed by atoms with van der Waals surface area (Å²) in [5.41, 5.74) is 1.16. The van der Waals surface area contributed by atoms with Gasteiger partial charge in [0.25, 0.3) is 0 Å². The third-order valence-corrected chi connectivity index (χ3v) is 4.34. The van der Waals surface area contributed by atoms with E-state index in [1.807, 2.05) is 0 Å². The first-order chi connectivity index (χ1) is 8.56. The molecule has 2 atom stereocenters. The smallest absolute Gasteiger partial charge is 0.0605 e. The highest BCUT2D eigenvalue weighted by molar-refractivity contribution is 5.04. The van der Waals surface area contributed by atoms with E-state index in [1.165, 1.54) is 32.1 Å². The monoisotopic (exact) mass is 254 g/mol. The standard InChI is InChI=1S/C16H30O2/c1-12(2)15(11-18-4)13(3)10-16(17)14-8-6-5-7-9-14/h12,14-17H,3,5-11H2,1-2,4H3/t15-,16-/m0/s1. The van der Waals surface area contributed by atoms with Crippen LogP contribution < -0.4 is 0 Å². The molecule has 0 aromatic rings. The van der Waals surface area contributed by atoms with Crippen LogP contribution in [0.5, 0.6) is 0 Å². The van der Waals surface area contributed by atoms with Gasteiger partial charge < -0.3 is 9.84 Å². The first-order valence-corrected chi connectivity index (χ1v) is 7.41. The van der Waals surface area contributed by atoms with Gasteiger partial charge in [-0.15, -0.1) is 0 Å². The van der Waals surface area contributed by atoms with Crippen LogP contribution in [-0.2, 0) is 4.74 Å². The molecule has 0 amide bonds. The third-order valence-electron chi connectivity index (χ3n) is 4.34. The Hall–Kier alpha value is -0.340. The van der Waals surface area contributed by atoms with Gasteiger partial charge >= 0.3 is 0 Å². The molecule has 0 radical (unpaired) electrons. The van der Waals surface area contributed by atoms with Crippen LogP contribution in [0.4, 0.5) is 0 Å². The van der Waals surface area contributed by atoms with Gasteiger partial charge in [-0.1, -0.05) is 45.3 Å². The van der Waals surface area contributed by atoms with E-state index in [4.69, 9.17) is 4.74 Å². The van der Waals surface area contributed by atoms with Crippen LogP contribution in [0.25, 0.3) is 0 Å². The Bertz CT molecular complexity index is 241. The Morgan fingerprint density at radius 3 is 2.39 bits per heavy atom. The first-order valence-electron chi connectivity index (χ1n) is 7.41. The molecular formula is C16H30O2. The minimum Gasteiger partial charge on any atom is -0.393 e. The van der Waals surface area contributed by atoms with Gasteiger partial charge in [0, 0.05) is 13.0 Å². The number of aliphatic hydroxyl groups is 1. The van der Waals surface area contributed by atoms with Crippen LogP contribution in [-0.4, -0.2) is 24.9 Å². The average Bonchev–Trinajstić information content (AvgIpc) is 2.36. The van der Waals surface area contributed by atoms with E-state index >= 15 is 0 Å². The molecule has 1 N–H and O–H groups in total. The average molecular weight is 254 g/mol. The second-order valence-electron chi connectivity index (χ2n) is 6.13. The van der Waals surface area contributed by atoms with Crippen LogP contribution in [0.15, 0.2) is 12.2 Å². The van der Waals surface area contributed by atoms with Gasteiger partial charge in [0.15, 0.2) is 0 Å². The van der Waals surface area contributed by atoms with Crippen LogP contribution in [0.1, 0.15) is 52.4 Å². The van der Waals surface area contributed by atoms with E-state index in [0.717, 1.165) is 12.0 Å². The molecule has 0 aromatic heterocycles. The van der Waals surface area contributed by atoms with Crippen molar-refractivity contribution in [1.82, 2.24) is 0 Å². The molecule has 18 heavy (non-hydrogen) atoms. The van der Waals surface area contributed by atoms with Crippen molar-refractivity contribution in [3.05, 3.63) is 12.2 Å². The molecule has 0 aromatic carbocycles. The molecule has 0 spiro atoms. The quantitative estimate of drug-likeness (QED) is 0.700. The Kier molecular flexibility index (Phi) is 6.95. The first kappa shape index (κ1) is 15.7. The van der Waals surface area contributed by atoms with Crippen molar-refractivity contribution in [1.29, 1.82) is 0 Å². The molecule has 2 heteroatoms. The summed E-state index contributed by atoms with van der Waals surface area (Å²) in [6.07, 6.45) is 6.81. The lowest BCUT2D eigenvalue weighted by atomic mass is 9.80. The van der Waals surface area contributed by atoms with Crippen molar-refractivity contribution in [3.8, 4) is 0 Å². The van der Waals surface area contributed by atoms with Crippen molar-refractivity contribution < 1.29 is 9.84 Å². The number of rotatable bonds is 7.